The number of ether oxygens (including phenoxy) is 3. The predicted molar refractivity (Wildman–Crippen MR) is 139 cm³/mol. The van der Waals surface area contributed by atoms with Crippen LogP contribution >= 0.6 is 0 Å². The van der Waals surface area contributed by atoms with Gasteiger partial charge < -0.3 is 25.1 Å². The van der Waals surface area contributed by atoms with E-state index in [0.717, 1.165) is 44.7 Å². The number of likely N-dealkylation sites (N-methyl/N-ethyl adjacent to an activating group) is 1. The Labute approximate surface area is 217 Å². The van der Waals surface area contributed by atoms with Gasteiger partial charge in [0.25, 0.3) is 0 Å². The van der Waals surface area contributed by atoms with Crippen molar-refractivity contribution in [2.75, 3.05) is 27.0 Å². The van der Waals surface area contributed by atoms with Gasteiger partial charge in [-0.2, -0.15) is 5.26 Å². The van der Waals surface area contributed by atoms with E-state index in [-0.39, 0.29) is 37.0 Å². The molecule has 4 aliphatic rings. The lowest BCUT2D eigenvalue weighted by atomic mass is 9.71. The fourth-order valence-corrected chi connectivity index (χ4v) is 7.26. The lowest BCUT2D eigenvalue weighted by molar-refractivity contribution is -0.0710. The summed E-state index contributed by atoms with van der Waals surface area (Å²) >= 11 is 0. The van der Waals surface area contributed by atoms with Crippen LogP contribution in [0.2, 0.25) is 0 Å². The first-order valence-corrected chi connectivity index (χ1v) is 12.9. The third-order valence-electron chi connectivity index (χ3n) is 9.00. The van der Waals surface area contributed by atoms with Gasteiger partial charge in [0, 0.05) is 40.9 Å². The van der Waals surface area contributed by atoms with Gasteiger partial charge in [0.1, 0.15) is 24.1 Å². The molecule has 194 valence electrons. The normalized spacial score (nSPS) is 27.6. The molecule has 3 N–H and O–H groups in total. The summed E-state index contributed by atoms with van der Waals surface area (Å²) in [5, 5.41) is 22.0. The van der Waals surface area contributed by atoms with Crippen molar-refractivity contribution in [1.29, 1.82) is 5.26 Å². The van der Waals surface area contributed by atoms with Crippen LogP contribution in [0.5, 0.6) is 23.0 Å². The topological polar surface area (TPSA) is 104 Å². The van der Waals surface area contributed by atoms with E-state index in [9.17, 15) is 10.4 Å². The standard InChI is InChI=1S/C29H34N4O4/c1-6-7-35-27-16(4)28-29(37-13-36-28)24-18(27)10-20-25-23-17(8-14(2)15(3)26(23)34)9-19(32(25)5)21(11-30)33(20)22(24)12-31/h6,8,19-22,25,34H,1,7,9-10,12-13,31H2,2-5H3/t19-,20?,21-,22-,25-/m0/s1. The van der Waals surface area contributed by atoms with Crippen molar-refractivity contribution in [3.8, 4) is 29.1 Å². The summed E-state index contributed by atoms with van der Waals surface area (Å²) in [4.78, 5) is 4.60. The van der Waals surface area contributed by atoms with Gasteiger partial charge in [-0.05, 0) is 57.4 Å². The second kappa shape index (κ2) is 8.66. The minimum atomic E-state index is -0.373. The molecule has 8 heteroatoms. The summed E-state index contributed by atoms with van der Waals surface area (Å²) in [6.07, 6.45) is 3.06. The second-order valence-electron chi connectivity index (χ2n) is 10.7. The Morgan fingerprint density at radius 1 is 1.19 bits per heavy atom. The van der Waals surface area contributed by atoms with Crippen molar-refractivity contribution in [2.45, 2.75) is 63.8 Å². The largest absolute Gasteiger partial charge is 0.507 e. The molecule has 1 saturated heterocycles. The molecule has 5 atom stereocenters. The average Bonchev–Trinajstić information content (AvgIpc) is 3.37. The Balaban J connectivity index is 1.61. The van der Waals surface area contributed by atoms with Crippen molar-refractivity contribution in [3.05, 3.63) is 57.7 Å². The molecule has 8 nitrogen and oxygen atoms in total. The Bertz CT molecular complexity index is 1350. The number of nitrogens with zero attached hydrogens (tertiary/aromatic N) is 3. The van der Waals surface area contributed by atoms with Gasteiger partial charge >= 0.3 is 0 Å². The number of phenols is 1. The lowest BCUT2D eigenvalue weighted by Gasteiger charge is -2.60. The van der Waals surface area contributed by atoms with Gasteiger partial charge in [-0.25, -0.2) is 0 Å². The molecule has 0 amide bonds. The van der Waals surface area contributed by atoms with Crippen molar-refractivity contribution in [2.24, 2.45) is 5.73 Å². The first-order valence-electron chi connectivity index (χ1n) is 12.9. The molecular formula is C29H34N4O4. The van der Waals surface area contributed by atoms with Crippen LogP contribution in [0.3, 0.4) is 0 Å². The molecule has 37 heavy (non-hydrogen) atoms. The molecule has 1 unspecified atom stereocenters. The average molecular weight is 503 g/mol. The first-order chi connectivity index (χ1) is 17.8. The molecule has 0 spiro atoms. The zero-order chi connectivity index (χ0) is 26.2. The van der Waals surface area contributed by atoms with E-state index in [1.54, 1.807) is 6.08 Å². The van der Waals surface area contributed by atoms with E-state index in [0.29, 0.717) is 43.2 Å². The summed E-state index contributed by atoms with van der Waals surface area (Å²) in [5.41, 5.74) is 13.5. The second-order valence-corrected chi connectivity index (χ2v) is 10.7. The maximum absolute atomic E-state index is 11.4. The highest BCUT2D eigenvalue weighted by Crippen LogP contribution is 2.57. The van der Waals surface area contributed by atoms with Gasteiger partial charge in [0.05, 0.1) is 18.2 Å². The number of rotatable bonds is 4. The molecular weight excluding hydrogens is 468 g/mol. The van der Waals surface area contributed by atoms with E-state index in [1.165, 1.54) is 0 Å². The number of fused-ring (bicyclic) bond motifs is 9. The van der Waals surface area contributed by atoms with Gasteiger partial charge in [0.15, 0.2) is 11.5 Å². The molecule has 0 radical (unpaired) electrons. The molecule has 0 saturated carbocycles. The molecule has 6 rings (SSSR count). The van der Waals surface area contributed by atoms with Crippen LogP contribution in [0.4, 0.5) is 0 Å². The SMILES string of the molecule is C=CCOc1c(C)c2c(c3c1CC1[C@H]4c5c(cc(C)c(C)c5O)C[C@@H]([C@H](C#N)N1[C@H]3CN)N4C)OCO2. The predicted octanol–water partition coefficient (Wildman–Crippen LogP) is 3.34. The third kappa shape index (κ3) is 3.18. The van der Waals surface area contributed by atoms with E-state index < -0.39 is 0 Å². The van der Waals surface area contributed by atoms with Crippen LogP contribution in [-0.4, -0.2) is 60.0 Å². The van der Waals surface area contributed by atoms with Crippen molar-refractivity contribution >= 4 is 0 Å². The van der Waals surface area contributed by atoms with Crippen molar-refractivity contribution in [3.63, 3.8) is 0 Å². The maximum atomic E-state index is 11.4. The number of benzene rings is 2. The third-order valence-corrected chi connectivity index (χ3v) is 9.00. The van der Waals surface area contributed by atoms with Gasteiger partial charge in [-0.1, -0.05) is 18.7 Å². The first kappa shape index (κ1) is 24.1. The number of hydrogen-bond acceptors (Lipinski definition) is 8. The molecule has 1 fully saturated rings. The zero-order valence-electron chi connectivity index (χ0n) is 21.9. The molecule has 0 aromatic heterocycles. The van der Waals surface area contributed by atoms with E-state index >= 15 is 0 Å². The minimum Gasteiger partial charge on any atom is -0.507 e. The summed E-state index contributed by atoms with van der Waals surface area (Å²) in [6, 6.07) is 3.98. The Hall–Kier alpha value is -3.25. The van der Waals surface area contributed by atoms with E-state index in [2.05, 4.69) is 35.6 Å². The monoisotopic (exact) mass is 502 g/mol. The van der Waals surface area contributed by atoms with Crippen LogP contribution < -0.4 is 19.9 Å². The fraction of sp³-hybridized carbons (Fsp3) is 0.483. The molecule has 0 aliphatic carbocycles. The summed E-state index contributed by atoms with van der Waals surface area (Å²) in [5.74, 6) is 2.53. The van der Waals surface area contributed by atoms with Crippen LogP contribution in [0.25, 0.3) is 0 Å². The molecule has 4 aliphatic heterocycles. The van der Waals surface area contributed by atoms with Crippen LogP contribution in [0.15, 0.2) is 18.7 Å². The van der Waals surface area contributed by atoms with E-state index in [1.807, 2.05) is 20.8 Å². The van der Waals surface area contributed by atoms with Crippen molar-refractivity contribution < 1.29 is 19.3 Å². The quantitative estimate of drug-likeness (QED) is 0.614. The molecule has 2 aromatic carbocycles. The van der Waals surface area contributed by atoms with Crippen LogP contribution in [0.1, 0.15) is 51.0 Å². The minimum absolute atomic E-state index is 0.0250. The van der Waals surface area contributed by atoms with Crippen LogP contribution in [0, 0.1) is 32.1 Å². The number of aromatic hydroxyl groups is 1. The molecule has 4 heterocycles. The molecule has 2 aromatic rings. The fourth-order valence-electron chi connectivity index (χ4n) is 7.26. The Kier molecular flexibility index (Phi) is 5.64. The Morgan fingerprint density at radius 3 is 2.65 bits per heavy atom. The highest BCUT2D eigenvalue weighted by Gasteiger charge is 2.56. The van der Waals surface area contributed by atoms with Gasteiger partial charge in [0.2, 0.25) is 6.79 Å². The number of piperazine rings is 1. The zero-order valence-corrected chi connectivity index (χ0v) is 21.9. The smallest absolute Gasteiger partial charge is 0.231 e. The lowest BCUT2D eigenvalue weighted by Crippen LogP contribution is -2.68. The summed E-state index contributed by atoms with van der Waals surface area (Å²) in [6.45, 7) is 10.7. The van der Waals surface area contributed by atoms with Gasteiger partial charge in [-0.15, -0.1) is 0 Å². The van der Waals surface area contributed by atoms with Gasteiger partial charge in [-0.3, -0.25) is 9.80 Å². The van der Waals surface area contributed by atoms with E-state index in [4.69, 9.17) is 19.9 Å². The number of phenolic OH excluding ortho intramolecular Hbond substituents is 1. The highest BCUT2D eigenvalue weighted by atomic mass is 16.7. The highest BCUT2D eigenvalue weighted by molar-refractivity contribution is 5.66. The number of nitrogens with two attached hydrogens (primary N) is 1. The Morgan fingerprint density at radius 2 is 1.95 bits per heavy atom. The van der Waals surface area contributed by atoms with Crippen LogP contribution in [-0.2, 0) is 12.8 Å². The summed E-state index contributed by atoms with van der Waals surface area (Å²) < 4.78 is 18.2. The maximum Gasteiger partial charge on any atom is 0.231 e. The summed E-state index contributed by atoms with van der Waals surface area (Å²) in [7, 11) is 2.08. The number of nitriles is 1. The molecule has 2 bridgehead atoms. The number of aryl methyl sites for hydroxylation is 1. The number of hydrogen-bond donors (Lipinski definition) is 2. The van der Waals surface area contributed by atoms with Crippen molar-refractivity contribution in [1.82, 2.24) is 9.80 Å².